The molecule has 0 aliphatic heterocycles. The van der Waals surface area contributed by atoms with Gasteiger partial charge in [0.15, 0.2) is 34.6 Å². The summed E-state index contributed by atoms with van der Waals surface area (Å²) >= 11 is 0. The Morgan fingerprint density at radius 2 is 1.28 bits per heavy atom. The highest BCUT2D eigenvalue weighted by molar-refractivity contribution is 6.10. The van der Waals surface area contributed by atoms with Crippen LogP contribution in [0.15, 0.2) is 48.5 Å². The Morgan fingerprint density at radius 3 is 1.66 bits per heavy atom. The van der Waals surface area contributed by atoms with Crippen LogP contribution >= 0.6 is 0 Å². The lowest BCUT2D eigenvalue weighted by molar-refractivity contribution is -0.121. The topological polar surface area (TPSA) is 71.1 Å². The molecule has 6 nitrogen and oxygen atoms in total. The van der Waals surface area contributed by atoms with E-state index in [0.29, 0.717) is 0 Å². The third-order valence-electron chi connectivity index (χ3n) is 3.62. The quantitative estimate of drug-likeness (QED) is 0.440. The van der Waals surface area contributed by atoms with Crippen molar-refractivity contribution in [1.29, 1.82) is 0 Å². The summed E-state index contributed by atoms with van der Waals surface area (Å²) in [5, 5.41) is 0. The van der Waals surface area contributed by atoms with Gasteiger partial charge in [-0.3, -0.25) is 9.59 Å². The Balaban J connectivity index is 2.26. The number of benzene rings is 2. The minimum Gasteiger partial charge on any atom is -0.493 e. The molecule has 0 radical (unpaired) electrons. The fourth-order valence-corrected chi connectivity index (χ4v) is 2.24. The molecule has 0 saturated carbocycles. The second kappa shape index (κ2) is 10.7. The van der Waals surface area contributed by atoms with Gasteiger partial charge in [-0.05, 0) is 47.5 Å². The highest BCUT2D eigenvalue weighted by Gasteiger charge is 2.07. The Kier molecular flexibility index (Phi) is 4.47. The number of carbonyl (C=O) groups is 2. The number of ketones is 2. The van der Waals surface area contributed by atoms with E-state index in [2.05, 4.69) is 0 Å². The summed E-state index contributed by atoms with van der Waals surface area (Å²) in [7, 11) is -2.97. The van der Waals surface area contributed by atoms with E-state index in [1.807, 2.05) is 0 Å². The minimum atomic E-state index is -2.78. The van der Waals surface area contributed by atoms with Crippen LogP contribution in [-0.2, 0) is 9.59 Å². The maximum Gasteiger partial charge on any atom is 0.163 e. The monoisotopic (exact) mass is 405 g/mol. The highest BCUT2D eigenvalue weighted by atomic mass is 16.5. The molecule has 0 heterocycles. The average molecular weight is 405 g/mol. The van der Waals surface area contributed by atoms with Crippen LogP contribution in [0.2, 0.25) is 0 Å². The van der Waals surface area contributed by atoms with Gasteiger partial charge in [0.05, 0.1) is 45.7 Å². The summed E-state index contributed by atoms with van der Waals surface area (Å²) in [4.78, 5) is 25.1. The third kappa shape index (κ3) is 6.24. The van der Waals surface area contributed by atoms with Crippen molar-refractivity contribution >= 4 is 23.7 Å². The summed E-state index contributed by atoms with van der Waals surface area (Å²) in [5.74, 6) is -2.55. The number of carbonyl (C=O) groups excluding carboxylic acids is 2. The van der Waals surface area contributed by atoms with Gasteiger partial charge in [-0.15, -0.1) is 0 Å². The molecular formula is C23H24O6. The molecule has 2 rings (SSSR count). The van der Waals surface area contributed by atoms with Gasteiger partial charge in [-0.1, -0.05) is 24.3 Å². The SMILES string of the molecule is [2H]/C(=C\c1ccc(OC)c(OC([2H])([2H])[2H])c1)C(=O)C([2H])C(=O)/C([2H])=C/c1ccc(OC)c(OC([2H])([2H])[2H])c1. The van der Waals surface area contributed by atoms with Gasteiger partial charge in [-0.25, -0.2) is 0 Å². The predicted molar refractivity (Wildman–Crippen MR) is 112 cm³/mol. The van der Waals surface area contributed by atoms with E-state index in [9.17, 15) is 9.59 Å². The van der Waals surface area contributed by atoms with Gasteiger partial charge in [0.25, 0.3) is 0 Å². The Bertz CT molecular complexity index is 1150. The van der Waals surface area contributed by atoms with Gasteiger partial charge >= 0.3 is 0 Å². The molecule has 152 valence electrons. The van der Waals surface area contributed by atoms with Crippen LogP contribution in [0.5, 0.6) is 23.0 Å². The fraction of sp³-hybridized carbons (Fsp3) is 0.217. The van der Waals surface area contributed by atoms with E-state index in [-0.39, 0.29) is 34.1 Å². The van der Waals surface area contributed by atoms with Crippen molar-refractivity contribution in [1.82, 2.24) is 0 Å². The standard InChI is InChI=1S/C23H24O6/c1-26-20-11-7-16(13-22(20)28-3)5-9-18(24)15-19(25)10-6-17-8-12-21(27-2)23(14-17)29-4/h5-14H,15H2,1-4H3/b9-5+,10-6+/i3D3,4D3,9D,10D,15D. The molecule has 0 atom stereocenters. The van der Waals surface area contributed by atoms with Gasteiger partial charge in [0.1, 0.15) is 0 Å². The van der Waals surface area contributed by atoms with Crippen molar-refractivity contribution < 1.29 is 40.9 Å². The van der Waals surface area contributed by atoms with E-state index in [4.69, 9.17) is 31.3 Å². The zero-order valence-electron chi connectivity index (χ0n) is 24.6. The summed E-state index contributed by atoms with van der Waals surface area (Å²) < 4.78 is 87.2. The molecule has 0 aromatic heterocycles. The smallest absolute Gasteiger partial charge is 0.163 e. The van der Waals surface area contributed by atoms with E-state index in [0.717, 1.165) is 12.2 Å². The lowest BCUT2D eigenvalue weighted by Gasteiger charge is -2.07. The first-order valence-electron chi connectivity index (χ1n) is 12.7. The molecule has 0 spiro atoms. The normalized spacial score (nSPS) is 18.1. The van der Waals surface area contributed by atoms with Crippen LogP contribution in [0.1, 0.15) is 29.9 Å². The van der Waals surface area contributed by atoms with Crippen LogP contribution in [0, 0.1) is 0 Å². The molecule has 0 fully saturated rings. The van der Waals surface area contributed by atoms with E-state index < -0.39 is 44.1 Å². The summed E-state index contributed by atoms with van der Waals surface area (Å²) in [6.45, 7) is 0. The van der Waals surface area contributed by atoms with Crippen molar-refractivity contribution in [2.75, 3.05) is 28.3 Å². The maximum atomic E-state index is 12.6. The molecule has 2 aromatic rings. The number of allylic oxidation sites excluding steroid dienone is 2. The first kappa shape index (κ1) is 12.1. The van der Waals surface area contributed by atoms with Crippen molar-refractivity contribution in [2.45, 2.75) is 6.40 Å². The number of ether oxygens (including phenoxy) is 4. The van der Waals surface area contributed by atoms with E-state index in [1.54, 1.807) is 0 Å². The number of rotatable bonds is 10. The van der Waals surface area contributed by atoms with Crippen molar-refractivity contribution in [3.8, 4) is 23.0 Å². The average Bonchev–Trinajstić information content (AvgIpc) is 2.81. The molecule has 6 heteroatoms. The molecular weight excluding hydrogens is 372 g/mol. The molecule has 0 N–H and O–H groups in total. The second-order valence-corrected chi connectivity index (χ2v) is 5.47. The number of hydrogen-bond acceptors (Lipinski definition) is 6. The molecule has 0 bridgehead atoms. The summed E-state index contributed by atoms with van der Waals surface area (Å²) in [6.07, 6.45) is -0.105. The number of hydrogen-bond donors (Lipinski definition) is 0. The molecule has 0 aliphatic rings. The largest absolute Gasteiger partial charge is 0.493 e. The zero-order valence-corrected chi connectivity index (χ0v) is 15.6. The third-order valence-corrected chi connectivity index (χ3v) is 3.62. The molecule has 2 aromatic carbocycles. The molecule has 0 saturated heterocycles. The summed E-state index contributed by atoms with van der Waals surface area (Å²) in [5.41, 5.74) is 0.342. The fourth-order valence-electron chi connectivity index (χ4n) is 2.24. The van der Waals surface area contributed by atoms with Gasteiger partial charge < -0.3 is 18.9 Å². The number of methoxy groups -OCH3 is 4. The van der Waals surface area contributed by atoms with E-state index >= 15 is 0 Å². The first-order chi connectivity index (χ1) is 17.5. The van der Waals surface area contributed by atoms with Crippen LogP contribution in [0.25, 0.3) is 12.2 Å². The minimum absolute atomic E-state index is 0.0969. The molecule has 0 amide bonds. The van der Waals surface area contributed by atoms with Gasteiger partial charge in [0.2, 0.25) is 0 Å². The maximum absolute atomic E-state index is 12.6. The second-order valence-electron chi connectivity index (χ2n) is 5.47. The lowest BCUT2D eigenvalue weighted by Crippen LogP contribution is -2.02. The van der Waals surface area contributed by atoms with Crippen molar-refractivity contribution in [3.05, 3.63) is 59.6 Å². The molecule has 0 aliphatic carbocycles. The van der Waals surface area contributed by atoms with Crippen LogP contribution < -0.4 is 18.9 Å². The van der Waals surface area contributed by atoms with E-state index in [1.165, 1.54) is 50.6 Å². The Labute approximate surface area is 183 Å². The van der Waals surface area contributed by atoms with Crippen LogP contribution in [0.3, 0.4) is 0 Å². The van der Waals surface area contributed by atoms with Gasteiger partial charge in [0, 0.05) is 1.37 Å². The summed E-state index contributed by atoms with van der Waals surface area (Å²) in [6, 6.07) is 6.48. The highest BCUT2D eigenvalue weighted by Crippen LogP contribution is 2.28. The Hall–Kier alpha value is -3.54. The molecule has 29 heavy (non-hydrogen) atoms. The van der Waals surface area contributed by atoms with Crippen molar-refractivity contribution in [3.63, 3.8) is 0 Å². The van der Waals surface area contributed by atoms with Crippen molar-refractivity contribution in [2.24, 2.45) is 0 Å². The zero-order chi connectivity index (χ0) is 28.8. The lowest BCUT2D eigenvalue weighted by atomic mass is 10.1. The van der Waals surface area contributed by atoms with Crippen LogP contribution in [0.4, 0.5) is 0 Å². The van der Waals surface area contributed by atoms with Gasteiger partial charge in [-0.2, -0.15) is 0 Å². The Morgan fingerprint density at radius 1 is 0.828 bits per heavy atom. The molecule has 0 unspecified atom stereocenters. The first-order valence-corrected chi connectivity index (χ1v) is 8.16. The van der Waals surface area contributed by atoms with Crippen LogP contribution in [-0.4, -0.2) is 39.9 Å². The predicted octanol–water partition coefficient (Wildman–Crippen LogP) is 3.98.